The molecule has 118 valence electrons. The molecule has 0 saturated carbocycles. The van der Waals surface area contributed by atoms with Crippen LogP contribution in [-0.4, -0.2) is 55.9 Å². The highest BCUT2D eigenvalue weighted by Gasteiger charge is 2.21. The Bertz CT molecular complexity index is 294. The van der Waals surface area contributed by atoms with Gasteiger partial charge in [0, 0.05) is 19.1 Å². The molecule has 20 heavy (non-hydrogen) atoms. The summed E-state index contributed by atoms with van der Waals surface area (Å²) in [5.74, 6) is 0.743. The molecule has 1 heterocycles. The van der Waals surface area contributed by atoms with Crippen LogP contribution in [0.2, 0.25) is 0 Å². The van der Waals surface area contributed by atoms with E-state index in [2.05, 4.69) is 29.5 Å². The number of hydrogen-bond acceptors (Lipinski definition) is 4. The molecule has 2 N–H and O–H groups in total. The average Bonchev–Trinajstić information content (AvgIpc) is 2.33. The van der Waals surface area contributed by atoms with Crippen LogP contribution in [0.4, 0.5) is 4.79 Å². The molecule has 0 spiro atoms. The first-order chi connectivity index (χ1) is 9.28. The maximum Gasteiger partial charge on any atom is 0.407 e. The summed E-state index contributed by atoms with van der Waals surface area (Å²) >= 11 is 0. The summed E-state index contributed by atoms with van der Waals surface area (Å²) in [6.07, 6.45) is 2.17. The van der Waals surface area contributed by atoms with Gasteiger partial charge in [-0.05, 0) is 66.6 Å². The molecule has 5 heteroatoms. The highest BCUT2D eigenvalue weighted by Crippen LogP contribution is 2.19. The Morgan fingerprint density at radius 2 is 1.90 bits per heavy atom. The van der Waals surface area contributed by atoms with Crippen LogP contribution in [0.5, 0.6) is 0 Å². The second-order valence-corrected chi connectivity index (χ2v) is 6.81. The molecule has 0 aliphatic carbocycles. The van der Waals surface area contributed by atoms with Gasteiger partial charge in [0.1, 0.15) is 5.60 Å². The van der Waals surface area contributed by atoms with Gasteiger partial charge in [0.2, 0.25) is 0 Å². The molecule has 1 rings (SSSR count). The second-order valence-electron chi connectivity index (χ2n) is 6.81. The van der Waals surface area contributed by atoms with Gasteiger partial charge in [0.05, 0.1) is 0 Å². The van der Waals surface area contributed by atoms with Crippen LogP contribution >= 0.6 is 0 Å². The molecule has 5 nitrogen and oxygen atoms in total. The Kier molecular flexibility index (Phi) is 6.76. The topological polar surface area (TPSA) is 53.6 Å². The first-order valence-corrected chi connectivity index (χ1v) is 7.67. The van der Waals surface area contributed by atoms with E-state index >= 15 is 0 Å². The van der Waals surface area contributed by atoms with E-state index in [1.54, 1.807) is 0 Å². The fraction of sp³-hybridized carbons (Fsp3) is 0.933. The van der Waals surface area contributed by atoms with Crippen LogP contribution in [0.25, 0.3) is 0 Å². The predicted octanol–water partition coefficient (Wildman–Crippen LogP) is 1.83. The molecular weight excluding hydrogens is 254 g/mol. The Labute approximate surface area is 123 Å². The van der Waals surface area contributed by atoms with Crippen LogP contribution in [-0.2, 0) is 4.74 Å². The zero-order valence-corrected chi connectivity index (χ0v) is 13.7. The van der Waals surface area contributed by atoms with Crippen molar-refractivity contribution in [2.75, 3.05) is 33.2 Å². The number of nitrogens with zero attached hydrogens (tertiary/aromatic N) is 1. The van der Waals surface area contributed by atoms with Gasteiger partial charge in [-0.25, -0.2) is 4.79 Å². The van der Waals surface area contributed by atoms with Gasteiger partial charge in [0.25, 0.3) is 0 Å². The van der Waals surface area contributed by atoms with Gasteiger partial charge in [-0.3, -0.25) is 0 Å². The number of hydrogen-bond donors (Lipinski definition) is 2. The van der Waals surface area contributed by atoms with Crippen molar-refractivity contribution in [3.05, 3.63) is 0 Å². The van der Waals surface area contributed by atoms with E-state index in [0.29, 0.717) is 12.6 Å². The van der Waals surface area contributed by atoms with Crippen molar-refractivity contribution < 1.29 is 9.53 Å². The number of carbonyl (C=O) groups excluding carboxylic acids is 1. The third kappa shape index (κ3) is 7.10. The highest BCUT2D eigenvalue weighted by atomic mass is 16.6. The quantitative estimate of drug-likeness (QED) is 0.757. The van der Waals surface area contributed by atoms with Gasteiger partial charge in [-0.15, -0.1) is 0 Å². The largest absolute Gasteiger partial charge is 0.444 e. The van der Waals surface area contributed by atoms with Crippen molar-refractivity contribution in [3.63, 3.8) is 0 Å². The lowest BCUT2D eigenvalue weighted by Gasteiger charge is -2.33. The molecule has 0 aromatic heterocycles. The van der Waals surface area contributed by atoms with E-state index in [1.807, 2.05) is 20.8 Å². The summed E-state index contributed by atoms with van der Waals surface area (Å²) in [6, 6.07) is 0.504. The fourth-order valence-electron chi connectivity index (χ4n) is 2.47. The van der Waals surface area contributed by atoms with Crippen molar-refractivity contribution in [1.82, 2.24) is 15.5 Å². The van der Waals surface area contributed by atoms with E-state index in [9.17, 15) is 4.79 Å². The Balaban J connectivity index is 2.10. The van der Waals surface area contributed by atoms with Gasteiger partial charge in [-0.2, -0.15) is 0 Å². The lowest BCUT2D eigenvalue weighted by atomic mass is 9.90. The van der Waals surface area contributed by atoms with E-state index in [0.717, 1.165) is 12.5 Å². The first-order valence-electron chi connectivity index (χ1n) is 7.67. The van der Waals surface area contributed by atoms with Gasteiger partial charge in [-0.1, -0.05) is 0 Å². The van der Waals surface area contributed by atoms with Crippen molar-refractivity contribution in [2.24, 2.45) is 5.92 Å². The zero-order valence-electron chi connectivity index (χ0n) is 13.7. The number of alkyl carbamates (subject to hydrolysis) is 1. The van der Waals surface area contributed by atoms with Crippen LogP contribution in [0, 0.1) is 5.92 Å². The highest BCUT2D eigenvalue weighted by molar-refractivity contribution is 5.67. The Hall–Kier alpha value is -0.810. The lowest BCUT2D eigenvalue weighted by Crippen LogP contribution is -2.43. The molecule has 1 unspecified atom stereocenters. The van der Waals surface area contributed by atoms with Crippen LogP contribution < -0.4 is 10.6 Å². The summed E-state index contributed by atoms with van der Waals surface area (Å²) in [7, 11) is 2.18. The van der Waals surface area contributed by atoms with Gasteiger partial charge < -0.3 is 20.3 Å². The Morgan fingerprint density at radius 3 is 2.45 bits per heavy atom. The number of nitrogens with one attached hydrogen (secondary N) is 2. The molecule has 1 amide bonds. The molecule has 1 atom stereocenters. The van der Waals surface area contributed by atoms with Crippen molar-refractivity contribution in [2.45, 2.75) is 52.2 Å². The average molecular weight is 285 g/mol. The molecule has 1 aliphatic rings. The number of likely N-dealkylation sites (tertiary alicyclic amines) is 1. The maximum absolute atomic E-state index is 11.5. The summed E-state index contributed by atoms with van der Waals surface area (Å²) in [5.41, 5.74) is -0.432. The smallest absolute Gasteiger partial charge is 0.407 e. The molecule has 0 radical (unpaired) electrons. The van der Waals surface area contributed by atoms with Gasteiger partial charge >= 0.3 is 6.09 Å². The van der Waals surface area contributed by atoms with E-state index < -0.39 is 5.60 Å². The summed E-state index contributed by atoms with van der Waals surface area (Å²) in [4.78, 5) is 13.9. The van der Waals surface area contributed by atoms with Crippen LogP contribution in [0.15, 0.2) is 0 Å². The fourth-order valence-corrected chi connectivity index (χ4v) is 2.47. The van der Waals surface area contributed by atoms with Crippen molar-refractivity contribution in [3.8, 4) is 0 Å². The normalized spacial score (nSPS) is 19.6. The standard InChI is InChI=1S/C15H31N3O2/c1-12(13-6-10-18(5)11-7-13)16-8-9-17-14(19)20-15(2,3)4/h12-13,16H,6-11H2,1-5H3,(H,17,19). The third-order valence-corrected chi connectivity index (χ3v) is 3.73. The van der Waals surface area contributed by atoms with Gasteiger partial charge in [0.15, 0.2) is 0 Å². The van der Waals surface area contributed by atoms with E-state index in [-0.39, 0.29) is 6.09 Å². The molecule has 0 aromatic rings. The predicted molar refractivity (Wildman–Crippen MR) is 81.9 cm³/mol. The number of piperidine rings is 1. The maximum atomic E-state index is 11.5. The lowest BCUT2D eigenvalue weighted by molar-refractivity contribution is 0.0527. The van der Waals surface area contributed by atoms with Crippen LogP contribution in [0.1, 0.15) is 40.5 Å². The molecule has 1 aliphatic heterocycles. The number of amides is 1. The number of ether oxygens (including phenoxy) is 1. The van der Waals surface area contributed by atoms with Crippen molar-refractivity contribution >= 4 is 6.09 Å². The SMILES string of the molecule is CC(NCCNC(=O)OC(C)(C)C)C1CCN(C)CC1. The minimum Gasteiger partial charge on any atom is -0.444 e. The molecule has 0 bridgehead atoms. The minimum absolute atomic E-state index is 0.341. The summed E-state index contributed by atoms with van der Waals surface area (Å²) < 4.78 is 5.19. The summed E-state index contributed by atoms with van der Waals surface area (Å²) in [5, 5.41) is 6.27. The first kappa shape index (κ1) is 17.2. The summed E-state index contributed by atoms with van der Waals surface area (Å²) in [6.45, 7) is 11.6. The monoisotopic (exact) mass is 285 g/mol. The molecule has 0 aromatic carbocycles. The number of carbonyl (C=O) groups is 1. The minimum atomic E-state index is -0.432. The second kappa shape index (κ2) is 7.84. The van der Waals surface area contributed by atoms with Crippen molar-refractivity contribution in [1.29, 1.82) is 0 Å². The van der Waals surface area contributed by atoms with E-state index in [4.69, 9.17) is 4.74 Å². The Morgan fingerprint density at radius 1 is 1.30 bits per heavy atom. The van der Waals surface area contributed by atoms with E-state index in [1.165, 1.54) is 25.9 Å². The molecular formula is C15H31N3O2. The molecule has 1 saturated heterocycles. The zero-order chi connectivity index (χ0) is 15.2. The van der Waals surface area contributed by atoms with Crippen LogP contribution in [0.3, 0.4) is 0 Å². The number of rotatable bonds is 5. The molecule has 1 fully saturated rings. The third-order valence-electron chi connectivity index (χ3n) is 3.73.